The van der Waals surface area contributed by atoms with Crippen LogP contribution in [0.3, 0.4) is 0 Å². The molecule has 15 heteroatoms. The van der Waals surface area contributed by atoms with E-state index >= 15 is 0 Å². The van der Waals surface area contributed by atoms with E-state index in [1.54, 1.807) is 6.92 Å². The van der Waals surface area contributed by atoms with Crippen LogP contribution >= 0.6 is 7.82 Å². The van der Waals surface area contributed by atoms with Crippen LogP contribution in [0, 0.1) is 0 Å². The largest absolute Gasteiger partial charge is 0.472 e. The Kier molecular flexibility index (Phi) is 34.8. The molecule has 0 bridgehead atoms. The van der Waals surface area contributed by atoms with Gasteiger partial charge in [0.1, 0.15) is 43.2 Å². The van der Waals surface area contributed by atoms with Crippen molar-refractivity contribution in [3.63, 3.8) is 0 Å². The summed E-state index contributed by atoms with van der Waals surface area (Å²) in [5.74, 6) is -1.22. The van der Waals surface area contributed by atoms with Crippen LogP contribution in [-0.4, -0.2) is 110 Å². The van der Waals surface area contributed by atoms with Gasteiger partial charge < -0.3 is 45.0 Å². The van der Waals surface area contributed by atoms with E-state index in [1.165, 1.54) is 0 Å². The molecule has 0 aromatic rings. The summed E-state index contributed by atoms with van der Waals surface area (Å²) in [6, 6.07) is 0. The lowest BCUT2D eigenvalue weighted by Crippen LogP contribution is -2.64. The Hall–Kier alpha value is -3.27. The molecule has 0 saturated heterocycles. The zero-order chi connectivity index (χ0) is 47.3. The molecule has 1 rings (SSSR count). The van der Waals surface area contributed by atoms with Gasteiger partial charge in [0.2, 0.25) is 0 Å². The van der Waals surface area contributed by atoms with Crippen molar-refractivity contribution in [2.45, 2.75) is 185 Å². The maximum Gasteiger partial charge on any atom is 0.472 e. The molecule has 0 amide bonds. The second-order valence-electron chi connectivity index (χ2n) is 15.8. The molecule has 0 aliphatic heterocycles. The molecule has 0 heterocycles. The zero-order valence-corrected chi connectivity index (χ0v) is 39.0. The van der Waals surface area contributed by atoms with E-state index in [1.807, 2.05) is 18.2 Å². The number of carbonyl (C=O) groups is 2. The monoisotopic (exact) mass is 923 g/mol. The highest BCUT2D eigenvalue weighted by molar-refractivity contribution is 7.47. The maximum atomic E-state index is 12.8. The molecule has 364 valence electrons. The first kappa shape index (κ1) is 58.7. The summed E-state index contributed by atoms with van der Waals surface area (Å²) in [7, 11) is -5.15. The van der Waals surface area contributed by atoms with Crippen molar-refractivity contribution >= 4 is 19.8 Å². The van der Waals surface area contributed by atoms with E-state index in [0.29, 0.717) is 19.3 Å². The Morgan fingerprint density at radius 2 is 0.969 bits per heavy atom. The van der Waals surface area contributed by atoms with Crippen molar-refractivity contribution in [3.8, 4) is 0 Å². The van der Waals surface area contributed by atoms with Gasteiger partial charge in [0.05, 0.1) is 12.7 Å². The normalized spacial score (nSPS) is 23.0. The molecule has 0 aromatic carbocycles. The summed E-state index contributed by atoms with van der Waals surface area (Å²) in [4.78, 5) is 35.7. The van der Waals surface area contributed by atoms with Gasteiger partial charge >= 0.3 is 19.8 Å². The number of aliphatic hydroxyl groups is 6. The van der Waals surface area contributed by atoms with Crippen molar-refractivity contribution < 1.29 is 68.2 Å². The lowest BCUT2D eigenvalue weighted by atomic mass is 9.85. The second kappa shape index (κ2) is 37.9. The second-order valence-corrected chi connectivity index (χ2v) is 17.2. The summed E-state index contributed by atoms with van der Waals surface area (Å²) < 4.78 is 33.4. The molecule has 0 aromatic heterocycles. The van der Waals surface area contributed by atoms with Crippen LogP contribution in [0.2, 0.25) is 0 Å². The Labute approximate surface area is 382 Å². The van der Waals surface area contributed by atoms with Gasteiger partial charge in [0.15, 0.2) is 6.10 Å². The summed E-state index contributed by atoms with van der Waals surface area (Å²) in [5.41, 5.74) is 0. The van der Waals surface area contributed by atoms with Crippen LogP contribution in [0.15, 0.2) is 97.2 Å². The zero-order valence-electron chi connectivity index (χ0n) is 38.1. The smallest absolute Gasteiger partial charge is 0.462 e. The molecular weight excluding hydrogens is 843 g/mol. The van der Waals surface area contributed by atoms with Gasteiger partial charge in [-0.3, -0.25) is 18.6 Å². The highest BCUT2D eigenvalue weighted by Gasteiger charge is 2.51. The van der Waals surface area contributed by atoms with Crippen molar-refractivity contribution in [3.05, 3.63) is 97.2 Å². The van der Waals surface area contributed by atoms with Crippen LogP contribution in [0.5, 0.6) is 0 Å². The number of unbranched alkanes of at least 4 members (excludes halogenated alkanes) is 6. The van der Waals surface area contributed by atoms with Crippen LogP contribution in [-0.2, 0) is 32.7 Å². The molecular formula is C49H79O14P. The van der Waals surface area contributed by atoms with Gasteiger partial charge in [-0.05, 0) is 103 Å². The van der Waals surface area contributed by atoms with Crippen LogP contribution in [0.25, 0.3) is 0 Å². The summed E-state index contributed by atoms with van der Waals surface area (Å²) in [6.45, 7) is 2.65. The van der Waals surface area contributed by atoms with Crippen LogP contribution < -0.4 is 0 Å². The Morgan fingerprint density at radius 3 is 1.47 bits per heavy atom. The lowest BCUT2D eigenvalue weighted by Gasteiger charge is -2.41. The summed E-state index contributed by atoms with van der Waals surface area (Å²) in [5, 5.41) is 59.4. The molecule has 0 spiro atoms. The molecule has 1 aliphatic rings. The quantitative estimate of drug-likeness (QED) is 0.0137. The number of aliphatic hydroxyl groups excluding tert-OH is 6. The predicted molar refractivity (Wildman–Crippen MR) is 250 cm³/mol. The summed E-state index contributed by atoms with van der Waals surface area (Å²) in [6.07, 6.45) is 34.5. The van der Waals surface area contributed by atoms with Crippen molar-refractivity contribution in [1.82, 2.24) is 0 Å². The Bertz CT molecular complexity index is 1500. The minimum atomic E-state index is -5.15. The Balaban J connectivity index is 2.53. The number of allylic oxidation sites excluding steroid dienone is 16. The SMILES string of the molecule is CC/C=C\C/C=C\C/C=C\C/C=C\CCCCCCC(=O)OC[C@H](COP(=O)(O)OC1[C@H](O)[C@H](O)C(O)[C@H](O)[C@H]1O)OC(=O)CCC/C=C\C/C=C\C/C=C\C/C=C\CCC[C@H](C)O. The molecule has 0 radical (unpaired) electrons. The third kappa shape index (κ3) is 30.8. The maximum absolute atomic E-state index is 12.8. The van der Waals surface area contributed by atoms with Gasteiger partial charge in [-0.2, -0.15) is 0 Å². The molecule has 9 atom stereocenters. The first-order chi connectivity index (χ1) is 30.8. The van der Waals surface area contributed by atoms with Crippen LogP contribution in [0.1, 0.15) is 136 Å². The van der Waals surface area contributed by atoms with Crippen LogP contribution in [0.4, 0.5) is 0 Å². The van der Waals surface area contributed by atoms with E-state index in [-0.39, 0.29) is 18.9 Å². The predicted octanol–water partition coefficient (Wildman–Crippen LogP) is 8.02. The molecule has 1 fully saturated rings. The van der Waals surface area contributed by atoms with Crippen molar-refractivity contribution in [2.75, 3.05) is 13.2 Å². The number of phosphoric ester groups is 1. The fourth-order valence-electron chi connectivity index (χ4n) is 6.23. The molecule has 1 aliphatic carbocycles. The number of carbonyl (C=O) groups excluding carboxylic acids is 2. The van der Waals surface area contributed by atoms with Gasteiger partial charge in [0, 0.05) is 12.8 Å². The van der Waals surface area contributed by atoms with Crippen molar-refractivity contribution in [2.24, 2.45) is 0 Å². The minimum Gasteiger partial charge on any atom is -0.462 e. The minimum absolute atomic E-state index is 0.00279. The average Bonchev–Trinajstić information content (AvgIpc) is 3.26. The molecule has 3 unspecified atom stereocenters. The molecule has 14 nitrogen and oxygen atoms in total. The molecule has 64 heavy (non-hydrogen) atoms. The number of esters is 2. The highest BCUT2D eigenvalue weighted by atomic mass is 31.2. The number of phosphoric acid groups is 1. The number of hydrogen-bond acceptors (Lipinski definition) is 13. The highest BCUT2D eigenvalue weighted by Crippen LogP contribution is 2.47. The van der Waals surface area contributed by atoms with Gasteiger partial charge in [-0.1, -0.05) is 117 Å². The fourth-order valence-corrected chi connectivity index (χ4v) is 7.20. The number of hydrogen-bond donors (Lipinski definition) is 7. The lowest BCUT2D eigenvalue weighted by molar-refractivity contribution is -0.220. The Morgan fingerprint density at radius 1 is 0.547 bits per heavy atom. The first-order valence-electron chi connectivity index (χ1n) is 23.1. The topological polar surface area (TPSA) is 230 Å². The number of ether oxygens (including phenoxy) is 2. The standard InChI is InChI=1S/C49H79O14P/c1-3-4-5-6-7-8-9-10-11-12-15-18-21-24-27-30-33-36-42(51)60-38-41(39-61-64(58,59)63-49-47(56)45(54)44(53)46(55)48(49)57)62-43(52)37-34-31-28-25-22-19-16-13-14-17-20-23-26-29-32-35-40(2)50/h4-5,7-8,10-11,14-19,23,25-26,28,40-41,44-50,53-57H,3,6,9,12-13,20-22,24,27,29-39H2,1-2H3,(H,58,59)/b5-4-,8-7-,11-10-,17-14-,18-15-,19-16-,26-23-,28-25-/t40-,41+,44?,45-,46+,47+,48+,49?/m0/s1. The fraction of sp³-hybridized carbons (Fsp3) is 0.633. The first-order valence-corrected chi connectivity index (χ1v) is 24.6. The molecule has 1 saturated carbocycles. The molecule has 7 N–H and O–H groups in total. The van der Waals surface area contributed by atoms with Crippen molar-refractivity contribution in [1.29, 1.82) is 0 Å². The van der Waals surface area contributed by atoms with Gasteiger partial charge in [-0.15, -0.1) is 0 Å². The average molecular weight is 923 g/mol. The van der Waals surface area contributed by atoms with Gasteiger partial charge in [-0.25, -0.2) is 4.57 Å². The van der Waals surface area contributed by atoms with E-state index in [4.69, 9.17) is 18.5 Å². The van der Waals surface area contributed by atoms with E-state index in [0.717, 1.165) is 89.9 Å². The third-order valence-electron chi connectivity index (χ3n) is 9.93. The van der Waals surface area contributed by atoms with E-state index in [9.17, 15) is 49.7 Å². The van der Waals surface area contributed by atoms with Gasteiger partial charge in [0.25, 0.3) is 0 Å². The summed E-state index contributed by atoms with van der Waals surface area (Å²) >= 11 is 0. The van der Waals surface area contributed by atoms with E-state index < -0.39 is 75.7 Å². The number of rotatable bonds is 36. The third-order valence-corrected chi connectivity index (χ3v) is 10.9. The van der Waals surface area contributed by atoms with E-state index in [2.05, 4.69) is 85.9 Å².